The predicted octanol–water partition coefficient (Wildman–Crippen LogP) is 8.89. The van der Waals surface area contributed by atoms with E-state index in [4.69, 9.17) is 24.9 Å². The summed E-state index contributed by atoms with van der Waals surface area (Å²) < 4.78 is 20.1. The van der Waals surface area contributed by atoms with Gasteiger partial charge in [0.15, 0.2) is 17.5 Å². The Morgan fingerprint density at radius 1 is 0.887 bits per heavy atom. The van der Waals surface area contributed by atoms with Gasteiger partial charge in [0, 0.05) is 42.6 Å². The normalized spacial score (nSPS) is 31.9. The second kappa shape index (κ2) is 18.0. The third-order valence-electron chi connectivity index (χ3n) is 15.6. The Labute approximate surface area is 368 Å². The second-order valence-corrected chi connectivity index (χ2v) is 20.0. The van der Waals surface area contributed by atoms with Gasteiger partial charge in [0.1, 0.15) is 29.5 Å². The number of hydrogen-bond donors (Lipinski definition) is 6. The van der Waals surface area contributed by atoms with E-state index in [1.54, 1.807) is 13.2 Å². The van der Waals surface area contributed by atoms with Gasteiger partial charge in [0.25, 0.3) is 0 Å². The molecule has 0 radical (unpaired) electrons. The lowest BCUT2D eigenvalue weighted by molar-refractivity contribution is -0.0266. The summed E-state index contributed by atoms with van der Waals surface area (Å²) in [5, 5.41) is 49.5. The molecule has 2 saturated carbocycles. The van der Waals surface area contributed by atoms with Crippen LogP contribution in [0.5, 0.6) is 28.7 Å². The summed E-state index contributed by atoms with van der Waals surface area (Å²) in [6, 6.07) is 11.5. The summed E-state index contributed by atoms with van der Waals surface area (Å²) in [5.74, 6) is 4.98. The Bertz CT molecular complexity index is 2170. The minimum atomic E-state index is -0.860. The van der Waals surface area contributed by atoms with E-state index in [1.165, 1.54) is 5.56 Å². The standard InChI is InChI=1S/C52H69N3O7/c1-5-29-19-32-13-12-31(29)20-37(56)9-7-17-54-52(53)55-27-34-14-11-30-8-6-10-38(34)50(30)62-46-24-33(15-16-42(46)57)51-44(59)25-41-45(61-51)26-47(60-4)49-40-22-36(18-28(2)3)43(58)23-35(40)21-39(32)48(41)49/h12-13,15-16,22-24,26,28-32,34,37-39,44,50-51,56-59H,5-11,14,17-21,25,27H2,1-4H3,(H3,53,54,55)/t29-,30+,31-,32-,34-,37-,38-,39-,44-,50-,51+/m1/s1. The maximum atomic E-state index is 12.2. The fraction of sp³-hybridized carbons (Fsp3) is 0.596. The van der Waals surface area contributed by atoms with Gasteiger partial charge in [-0.15, -0.1) is 0 Å². The number of guanidine groups is 1. The van der Waals surface area contributed by atoms with Crippen molar-refractivity contribution in [2.24, 2.45) is 52.2 Å². The van der Waals surface area contributed by atoms with Gasteiger partial charge in [0.05, 0.1) is 19.3 Å². The summed E-state index contributed by atoms with van der Waals surface area (Å²) >= 11 is 0. The van der Waals surface area contributed by atoms with Crippen LogP contribution in [-0.4, -0.2) is 64.9 Å². The van der Waals surface area contributed by atoms with Crippen LogP contribution >= 0.6 is 0 Å². The monoisotopic (exact) mass is 848 g/mol. The van der Waals surface area contributed by atoms with E-state index in [0.717, 1.165) is 110 Å². The molecule has 0 amide bonds. The van der Waals surface area contributed by atoms with Gasteiger partial charge < -0.3 is 45.7 Å². The smallest absolute Gasteiger partial charge is 0.188 e. The molecule has 0 spiro atoms. The Morgan fingerprint density at radius 3 is 2.52 bits per heavy atom. The summed E-state index contributed by atoms with van der Waals surface area (Å²) in [6.07, 6.45) is 14.2. The number of phenols is 2. The number of allylic oxidation sites excluding steroid dienone is 2. The quantitative estimate of drug-likeness (QED) is 0.141. The number of phenolic OH excluding ortho intramolecular Hbond substituents is 2. The maximum absolute atomic E-state index is 12.2. The van der Waals surface area contributed by atoms with Crippen molar-refractivity contribution >= 4 is 5.96 Å². The zero-order valence-electron chi connectivity index (χ0n) is 37.2. The molecule has 0 aromatic heterocycles. The van der Waals surface area contributed by atoms with Gasteiger partial charge >= 0.3 is 0 Å². The molecule has 0 unspecified atom stereocenters. The number of benzene rings is 3. The zero-order valence-corrected chi connectivity index (χ0v) is 37.2. The highest BCUT2D eigenvalue weighted by Crippen LogP contribution is 2.56. The van der Waals surface area contributed by atoms with Gasteiger partial charge in [0.2, 0.25) is 0 Å². The summed E-state index contributed by atoms with van der Waals surface area (Å²) in [6.45, 7) is 7.89. The summed E-state index contributed by atoms with van der Waals surface area (Å²) in [7, 11) is 1.72. The molecule has 2 fully saturated rings. The van der Waals surface area contributed by atoms with Crippen LogP contribution in [0.1, 0.15) is 125 Å². The summed E-state index contributed by atoms with van der Waals surface area (Å²) in [4.78, 5) is 4.81. The topological polar surface area (TPSA) is 159 Å². The lowest BCUT2D eigenvalue weighted by Gasteiger charge is -2.46. The van der Waals surface area contributed by atoms with E-state index < -0.39 is 18.3 Å². The van der Waals surface area contributed by atoms with Crippen LogP contribution in [0.4, 0.5) is 0 Å². The number of ether oxygens (including phenoxy) is 3. The fourth-order valence-electron chi connectivity index (χ4n) is 12.5. The number of methoxy groups -OCH3 is 1. The minimum absolute atomic E-state index is 0.0458. The number of nitrogens with one attached hydrogen (secondary N) is 1. The SMILES string of the molecule is CC[C@@H]1C[C@H]2C=C[C@@H]1C[C@H](O)CCCNC(N)=NC[C@H]1CC[C@@H]3CCC[C@H]1[C@@H]3Oc1cc(ccc1O)[C@@H]1Oc3cc(OC)c4c(c3C[C@H]1O)[C@@H]2Cc1cc(O)c(CC(C)C)cc1-4. The second-order valence-electron chi connectivity index (χ2n) is 20.0. The van der Waals surface area contributed by atoms with Gasteiger partial charge in [-0.05, 0) is 158 Å². The van der Waals surface area contributed by atoms with E-state index in [1.807, 2.05) is 24.3 Å². The van der Waals surface area contributed by atoms with Crippen LogP contribution in [0, 0.1) is 41.4 Å². The predicted molar refractivity (Wildman–Crippen MR) is 243 cm³/mol. The first-order chi connectivity index (χ1) is 30.0. The first kappa shape index (κ1) is 42.9. The van der Waals surface area contributed by atoms with Crippen molar-refractivity contribution in [3.63, 3.8) is 0 Å². The van der Waals surface area contributed by atoms with E-state index in [0.29, 0.717) is 72.8 Å². The molecule has 10 heteroatoms. The van der Waals surface area contributed by atoms with Crippen molar-refractivity contribution in [2.75, 3.05) is 20.2 Å². The largest absolute Gasteiger partial charge is 0.508 e. The average Bonchev–Trinajstić information content (AvgIpc) is 3.25. The fourth-order valence-corrected chi connectivity index (χ4v) is 12.5. The van der Waals surface area contributed by atoms with Crippen molar-refractivity contribution in [1.82, 2.24) is 5.32 Å². The molecule has 11 atom stereocenters. The summed E-state index contributed by atoms with van der Waals surface area (Å²) in [5.41, 5.74) is 13.5. The molecule has 7 N–H and O–H groups in total. The van der Waals surface area contributed by atoms with Gasteiger partial charge in [-0.3, -0.25) is 4.99 Å². The average molecular weight is 848 g/mol. The number of aliphatic hydroxyl groups is 2. The molecule has 5 heterocycles. The molecule has 62 heavy (non-hydrogen) atoms. The van der Waals surface area contributed by atoms with Gasteiger partial charge in [-0.25, -0.2) is 0 Å². The van der Waals surface area contributed by atoms with Crippen molar-refractivity contribution in [2.45, 2.75) is 135 Å². The van der Waals surface area contributed by atoms with E-state index in [9.17, 15) is 20.4 Å². The zero-order chi connectivity index (χ0) is 43.2. The molecule has 4 aliphatic carbocycles. The number of rotatable bonds is 4. The molecule has 3 aromatic rings. The molecule has 3 aromatic carbocycles. The molecule has 10 nitrogen and oxygen atoms in total. The van der Waals surface area contributed by atoms with Crippen LogP contribution in [0.3, 0.4) is 0 Å². The molecule has 9 aliphatic rings. The third kappa shape index (κ3) is 8.38. The molecule has 12 rings (SSSR count). The number of nitrogens with two attached hydrogens (primary N) is 1. The van der Waals surface area contributed by atoms with Gasteiger partial charge in [-0.2, -0.15) is 0 Å². The Balaban J connectivity index is 1.14. The molecular formula is C52H69N3O7. The Hall–Kier alpha value is -4.41. The molecule has 334 valence electrons. The Kier molecular flexibility index (Phi) is 12.4. The number of nitrogens with zero attached hydrogens (tertiary/aromatic N) is 1. The lowest BCUT2D eigenvalue weighted by Crippen LogP contribution is -2.46. The molecule has 12 bridgehead atoms. The molecule has 5 aliphatic heterocycles. The van der Waals surface area contributed by atoms with E-state index in [-0.39, 0.29) is 35.5 Å². The number of aliphatic imine (C=N–C) groups is 1. The number of hydrogen-bond acceptors (Lipinski definition) is 10. The van der Waals surface area contributed by atoms with Crippen LogP contribution < -0.4 is 25.3 Å². The highest BCUT2D eigenvalue weighted by Gasteiger charge is 2.45. The Morgan fingerprint density at radius 2 is 1.71 bits per heavy atom. The first-order valence-corrected chi connectivity index (χ1v) is 23.8. The van der Waals surface area contributed by atoms with E-state index >= 15 is 0 Å². The van der Waals surface area contributed by atoms with Crippen LogP contribution in [0.25, 0.3) is 11.1 Å². The van der Waals surface area contributed by atoms with Crippen LogP contribution in [0.2, 0.25) is 0 Å². The van der Waals surface area contributed by atoms with Crippen molar-refractivity contribution in [1.29, 1.82) is 0 Å². The van der Waals surface area contributed by atoms with E-state index in [2.05, 4.69) is 44.3 Å². The molecular weight excluding hydrogens is 779 g/mol. The lowest BCUT2D eigenvalue weighted by atomic mass is 9.64. The first-order valence-electron chi connectivity index (χ1n) is 23.8. The van der Waals surface area contributed by atoms with Crippen molar-refractivity contribution < 1.29 is 34.6 Å². The third-order valence-corrected chi connectivity index (χ3v) is 15.6. The highest BCUT2D eigenvalue weighted by atomic mass is 16.5. The molecule has 0 saturated heterocycles. The van der Waals surface area contributed by atoms with Crippen molar-refractivity contribution in [3.8, 4) is 39.9 Å². The van der Waals surface area contributed by atoms with Gasteiger partial charge in [-0.1, -0.05) is 51.8 Å². The maximum Gasteiger partial charge on any atom is 0.188 e. The number of aromatic hydroxyl groups is 2. The van der Waals surface area contributed by atoms with Crippen LogP contribution in [0.15, 0.2) is 53.5 Å². The van der Waals surface area contributed by atoms with Crippen LogP contribution in [-0.2, 0) is 19.3 Å². The highest BCUT2D eigenvalue weighted by molar-refractivity contribution is 5.84. The number of aliphatic hydroxyl groups excluding tert-OH is 2. The minimum Gasteiger partial charge on any atom is -0.508 e. The number of fused-ring (bicyclic) bond motifs is 2. The van der Waals surface area contributed by atoms with Crippen molar-refractivity contribution in [3.05, 3.63) is 76.4 Å².